The molecule has 0 aliphatic heterocycles. The molecule has 116 valence electrons. The van der Waals surface area contributed by atoms with E-state index in [2.05, 4.69) is 48.6 Å². The molecule has 0 fully saturated rings. The number of carbonyl (C=O) groups is 1. The van der Waals surface area contributed by atoms with Gasteiger partial charge in [-0.25, -0.2) is 0 Å². The van der Waals surface area contributed by atoms with E-state index in [9.17, 15) is 4.79 Å². The summed E-state index contributed by atoms with van der Waals surface area (Å²) in [5, 5.41) is 3.07. The zero-order valence-electron chi connectivity index (χ0n) is 13.7. The number of carbonyl (C=O) groups excluding carboxylic acids is 1. The SMILES string of the molecule is Cc1ccc(C(C)(C)C(=O)NCCCc2ccccc2)cc1. The van der Waals surface area contributed by atoms with Crippen molar-refractivity contribution in [2.45, 2.75) is 39.0 Å². The maximum Gasteiger partial charge on any atom is 0.230 e. The molecule has 0 aromatic heterocycles. The van der Waals surface area contributed by atoms with Crippen LogP contribution in [0.2, 0.25) is 0 Å². The highest BCUT2D eigenvalue weighted by Gasteiger charge is 2.29. The quantitative estimate of drug-likeness (QED) is 0.801. The highest BCUT2D eigenvalue weighted by Crippen LogP contribution is 2.23. The van der Waals surface area contributed by atoms with Gasteiger partial charge in [-0.3, -0.25) is 4.79 Å². The summed E-state index contributed by atoms with van der Waals surface area (Å²) in [4.78, 5) is 12.5. The Kier molecular flexibility index (Phi) is 5.37. The molecule has 0 saturated heterocycles. The Balaban J connectivity index is 1.84. The summed E-state index contributed by atoms with van der Waals surface area (Å²) in [6, 6.07) is 18.6. The summed E-state index contributed by atoms with van der Waals surface area (Å²) >= 11 is 0. The van der Waals surface area contributed by atoms with Gasteiger partial charge in [0.2, 0.25) is 5.91 Å². The van der Waals surface area contributed by atoms with Crippen molar-refractivity contribution in [3.63, 3.8) is 0 Å². The first kappa shape index (κ1) is 16.3. The summed E-state index contributed by atoms with van der Waals surface area (Å²) in [5.41, 5.74) is 3.08. The minimum Gasteiger partial charge on any atom is -0.355 e. The summed E-state index contributed by atoms with van der Waals surface area (Å²) < 4.78 is 0. The van der Waals surface area contributed by atoms with Crippen molar-refractivity contribution < 1.29 is 4.79 Å². The minimum atomic E-state index is -0.500. The first-order valence-corrected chi connectivity index (χ1v) is 7.89. The number of aryl methyl sites for hydroxylation is 2. The normalized spacial score (nSPS) is 11.2. The Morgan fingerprint density at radius 2 is 1.64 bits per heavy atom. The number of benzene rings is 2. The third-order valence-corrected chi connectivity index (χ3v) is 4.11. The molecule has 2 aromatic carbocycles. The van der Waals surface area contributed by atoms with E-state index in [1.54, 1.807) is 0 Å². The van der Waals surface area contributed by atoms with Gasteiger partial charge in [-0.05, 0) is 44.7 Å². The zero-order valence-corrected chi connectivity index (χ0v) is 13.7. The van der Waals surface area contributed by atoms with E-state index >= 15 is 0 Å². The van der Waals surface area contributed by atoms with Crippen molar-refractivity contribution in [2.75, 3.05) is 6.54 Å². The van der Waals surface area contributed by atoms with E-state index in [0.717, 1.165) is 18.4 Å². The van der Waals surface area contributed by atoms with Crippen LogP contribution in [0.4, 0.5) is 0 Å². The number of hydrogen-bond acceptors (Lipinski definition) is 1. The summed E-state index contributed by atoms with van der Waals surface area (Å²) in [6.07, 6.45) is 1.95. The van der Waals surface area contributed by atoms with E-state index in [4.69, 9.17) is 0 Å². The van der Waals surface area contributed by atoms with Crippen molar-refractivity contribution in [1.29, 1.82) is 0 Å². The van der Waals surface area contributed by atoms with Gasteiger partial charge in [-0.1, -0.05) is 60.2 Å². The van der Waals surface area contributed by atoms with E-state index in [1.807, 2.05) is 32.0 Å². The molecule has 1 amide bonds. The fourth-order valence-electron chi connectivity index (χ4n) is 2.46. The molecule has 0 heterocycles. The van der Waals surface area contributed by atoms with Gasteiger partial charge < -0.3 is 5.32 Å². The molecule has 2 rings (SSSR count). The topological polar surface area (TPSA) is 29.1 Å². The van der Waals surface area contributed by atoms with Crippen LogP contribution in [0, 0.1) is 6.92 Å². The van der Waals surface area contributed by atoms with Crippen LogP contribution in [-0.4, -0.2) is 12.5 Å². The lowest BCUT2D eigenvalue weighted by Gasteiger charge is -2.24. The van der Waals surface area contributed by atoms with Crippen molar-refractivity contribution >= 4 is 5.91 Å². The van der Waals surface area contributed by atoms with Crippen molar-refractivity contribution in [1.82, 2.24) is 5.32 Å². The second-order valence-electron chi connectivity index (χ2n) is 6.34. The van der Waals surface area contributed by atoms with Crippen LogP contribution in [0.5, 0.6) is 0 Å². The Hall–Kier alpha value is -2.09. The average molecular weight is 295 g/mol. The Morgan fingerprint density at radius 1 is 1.00 bits per heavy atom. The van der Waals surface area contributed by atoms with Crippen molar-refractivity contribution in [3.8, 4) is 0 Å². The second-order valence-corrected chi connectivity index (χ2v) is 6.34. The molecule has 2 nitrogen and oxygen atoms in total. The predicted molar refractivity (Wildman–Crippen MR) is 92.0 cm³/mol. The molecule has 0 unspecified atom stereocenters. The van der Waals surface area contributed by atoms with Gasteiger partial charge in [-0.2, -0.15) is 0 Å². The summed E-state index contributed by atoms with van der Waals surface area (Å²) in [6.45, 7) is 6.72. The van der Waals surface area contributed by atoms with Crippen LogP contribution < -0.4 is 5.32 Å². The third kappa shape index (κ3) is 4.20. The summed E-state index contributed by atoms with van der Waals surface area (Å²) in [5.74, 6) is 0.0874. The number of hydrogen-bond donors (Lipinski definition) is 1. The van der Waals surface area contributed by atoms with Gasteiger partial charge in [0.15, 0.2) is 0 Å². The molecular weight excluding hydrogens is 270 g/mol. The van der Waals surface area contributed by atoms with E-state index in [1.165, 1.54) is 11.1 Å². The lowest BCUT2D eigenvalue weighted by molar-refractivity contribution is -0.125. The van der Waals surface area contributed by atoms with Crippen LogP contribution in [0.1, 0.15) is 37.0 Å². The van der Waals surface area contributed by atoms with Crippen molar-refractivity contribution in [2.24, 2.45) is 0 Å². The zero-order chi connectivity index (χ0) is 16.0. The van der Waals surface area contributed by atoms with E-state index < -0.39 is 5.41 Å². The monoisotopic (exact) mass is 295 g/mol. The first-order chi connectivity index (χ1) is 10.5. The molecule has 0 radical (unpaired) electrons. The Bertz CT molecular complexity index is 599. The smallest absolute Gasteiger partial charge is 0.230 e. The van der Waals surface area contributed by atoms with Gasteiger partial charge in [0.25, 0.3) is 0 Å². The standard InChI is InChI=1S/C20H25NO/c1-16-11-13-18(14-12-16)20(2,3)19(22)21-15-7-10-17-8-5-4-6-9-17/h4-6,8-9,11-14H,7,10,15H2,1-3H3,(H,21,22). The number of amides is 1. The van der Waals surface area contributed by atoms with Crippen LogP contribution in [0.25, 0.3) is 0 Å². The molecule has 2 heteroatoms. The number of nitrogens with one attached hydrogen (secondary N) is 1. The predicted octanol–water partition coefficient (Wildman–Crippen LogP) is 4.02. The maximum absolute atomic E-state index is 12.5. The fraction of sp³-hybridized carbons (Fsp3) is 0.350. The first-order valence-electron chi connectivity index (χ1n) is 7.89. The highest BCUT2D eigenvalue weighted by atomic mass is 16.2. The lowest BCUT2D eigenvalue weighted by Crippen LogP contribution is -2.40. The van der Waals surface area contributed by atoms with Crippen molar-refractivity contribution in [3.05, 3.63) is 71.3 Å². The second kappa shape index (κ2) is 7.26. The third-order valence-electron chi connectivity index (χ3n) is 4.11. The fourth-order valence-corrected chi connectivity index (χ4v) is 2.46. The highest BCUT2D eigenvalue weighted by molar-refractivity contribution is 5.87. The van der Waals surface area contributed by atoms with Gasteiger partial charge in [0.1, 0.15) is 0 Å². The van der Waals surface area contributed by atoms with Gasteiger partial charge in [0, 0.05) is 6.54 Å². The van der Waals surface area contributed by atoms with Crippen LogP contribution >= 0.6 is 0 Å². The van der Waals surface area contributed by atoms with Crippen LogP contribution in [0.15, 0.2) is 54.6 Å². The van der Waals surface area contributed by atoms with Crippen LogP contribution in [0.3, 0.4) is 0 Å². The minimum absolute atomic E-state index is 0.0874. The average Bonchev–Trinajstić information content (AvgIpc) is 2.52. The van der Waals surface area contributed by atoms with E-state index in [-0.39, 0.29) is 5.91 Å². The molecule has 0 saturated carbocycles. The molecular formula is C20H25NO. The van der Waals surface area contributed by atoms with Gasteiger partial charge in [0.05, 0.1) is 5.41 Å². The number of rotatable bonds is 6. The summed E-state index contributed by atoms with van der Waals surface area (Å²) in [7, 11) is 0. The Labute approximate surface area is 133 Å². The molecule has 1 N–H and O–H groups in total. The lowest BCUT2D eigenvalue weighted by atomic mass is 9.83. The molecule has 22 heavy (non-hydrogen) atoms. The molecule has 0 spiro atoms. The Morgan fingerprint density at radius 3 is 2.27 bits per heavy atom. The van der Waals surface area contributed by atoms with Gasteiger partial charge >= 0.3 is 0 Å². The van der Waals surface area contributed by atoms with E-state index in [0.29, 0.717) is 6.54 Å². The van der Waals surface area contributed by atoms with Gasteiger partial charge in [-0.15, -0.1) is 0 Å². The molecule has 0 aliphatic rings. The maximum atomic E-state index is 12.5. The molecule has 0 aliphatic carbocycles. The molecule has 2 aromatic rings. The molecule has 0 bridgehead atoms. The largest absolute Gasteiger partial charge is 0.355 e. The molecule has 0 atom stereocenters. The van der Waals surface area contributed by atoms with Crippen LogP contribution in [-0.2, 0) is 16.6 Å².